The van der Waals surface area contributed by atoms with Gasteiger partial charge in [-0.1, -0.05) is 6.07 Å². The molecule has 0 aliphatic heterocycles. The van der Waals surface area contributed by atoms with Gasteiger partial charge in [0.2, 0.25) is 0 Å². The average Bonchev–Trinajstić information content (AvgIpc) is 2.15. The lowest BCUT2D eigenvalue weighted by atomic mass is 10.1. The maximum absolute atomic E-state index is 11.8. The molecule has 0 saturated heterocycles. The Morgan fingerprint density at radius 1 is 1.50 bits per heavy atom. The Bertz CT molecular complexity index is 358. The zero-order valence-corrected chi connectivity index (χ0v) is 7.63. The van der Waals surface area contributed by atoms with Gasteiger partial charge in [0.05, 0.1) is 5.56 Å². The second-order valence-corrected chi connectivity index (χ2v) is 2.81. The van der Waals surface area contributed by atoms with Crippen LogP contribution in [0.25, 0.3) is 0 Å². The number of hydrogen-bond acceptors (Lipinski definition) is 2. The fraction of sp³-hybridized carbons (Fsp3) is 0.300. The summed E-state index contributed by atoms with van der Waals surface area (Å²) in [6.07, 6.45) is -2.53. The standard InChI is InChI=1S/C10H9F2NO/c1-7-2-3-9(8(4-7)5-13)14-6-10(11)12/h2-4,10H,6H2,1H3. The van der Waals surface area contributed by atoms with Gasteiger partial charge in [-0.3, -0.25) is 0 Å². The molecule has 1 aromatic carbocycles. The van der Waals surface area contributed by atoms with Crippen LogP contribution in [-0.2, 0) is 0 Å². The van der Waals surface area contributed by atoms with Gasteiger partial charge in [-0.25, -0.2) is 8.78 Å². The fourth-order valence-corrected chi connectivity index (χ4v) is 1.01. The van der Waals surface area contributed by atoms with E-state index in [1.165, 1.54) is 6.07 Å². The van der Waals surface area contributed by atoms with Gasteiger partial charge in [0.15, 0.2) is 0 Å². The number of nitriles is 1. The lowest BCUT2D eigenvalue weighted by molar-refractivity contribution is 0.0817. The highest BCUT2D eigenvalue weighted by Crippen LogP contribution is 2.19. The number of benzene rings is 1. The minimum Gasteiger partial charge on any atom is -0.486 e. The Labute approximate surface area is 80.7 Å². The molecule has 0 aliphatic rings. The first-order valence-corrected chi connectivity index (χ1v) is 4.05. The van der Waals surface area contributed by atoms with Crippen LogP contribution in [0, 0.1) is 18.3 Å². The van der Waals surface area contributed by atoms with Crippen LogP contribution in [0.1, 0.15) is 11.1 Å². The van der Waals surface area contributed by atoms with E-state index in [-0.39, 0.29) is 11.3 Å². The molecule has 0 aromatic heterocycles. The topological polar surface area (TPSA) is 33.0 Å². The summed E-state index contributed by atoms with van der Waals surface area (Å²) < 4.78 is 28.4. The number of hydrogen-bond donors (Lipinski definition) is 0. The normalized spacial score (nSPS) is 9.93. The van der Waals surface area contributed by atoms with Crippen LogP contribution < -0.4 is 4.74 Å². The van der Waals surface area contributed by atoms with Crippen molar-refractivity contribution in [2.75, 3.05) is 6.61 Å². The van der Waals surface area contributed by atoms with E-state index < -0.39 is 13.0 Å². The monoisotopic (exact) mass is 197 g/mol. The maximum Gasteiger partial charge on any atom is 0.272 e. The van der Waals surface area contributed by atoms with E-state index in [1.54, 1.807) is 12.1 Å². The molecule has 14 heavy (non-hydrogen) atoms. The molecule has 0 saturated carbocycles. The van der Waals surface area contributed by atoms with E-state index in [9.17, 15) is 8.78 Å². The van der Waals surface area contributed by atoms with Gasteiger partial charge in [-0.2, -0.15) is 5.26 Å². The predicted molar refractivity (Wildman–Crippen MR) is 47.4 cm³/mol. The fourth-order valence-electron chi connectivity index (χ4n) is 1.01. The van der Waals surface area contributed by atoms with Crippen molar-refractivity contribution in [3.63, 3.8) is 0 Å². The molecular formula is C10H9F2NO. The van der Waals surface area contributed by atoms with E-state index >= 15 is 0 Å². The molecule has 0 atom stereocenters. The summed E-state index contributed by atoms with van der Waals surface area (Å²) >= 11 is 0. The first-order chi connectivity index (χ1) is 6.63. The summed E-state index contributed by atoms with van der Waals surface area (Å²) in [5.74, 6) is 0.207. The van der Waals surface area contributed by atoms with Crippen molar-refractivity contribution in [2.45, 2.75) is 13.3 Å². The van der Waals surface area contributed by atoms with Crippen LogP contribution in [0.2, 0.25) is 0 Å². The molecule has 0 spiro atoms. The highest BCUT2D eigenvalue weighted by molar-refractivity contribution is 5.45. The highest BCUT2D eigenvalue weighted by atomic mass is 19.3. The molecule has 1 rings (SSSR count). The van der Waals surface area contributed by atoms with Crippen LogP contribution in [0.15, 0.2) is 18.2 Å². The summed E-state index contributed by atoms with van der Waals surface area (Å²) in [7, 11) is 0. The van der Waals surface area contributed by atoms with E-state index in [1.807, 2.05) is 13.0 Å². The van der Waals surface area contributed by atoms with Crippen LogP contribution in [0.4, 0.5) is 8.78 Å². The number of ether oxygens (including phenoxy) is 1. The Kier molecular flexibility index (Phi) is 3.41. The highest BCUT2D eigenvalue weighted by Gasteiger charge is 2.07. The van der Waals surface area contributed by atoms with Crippen molar-refractivity contribution in [3.8, 4) is 11.8 Å². The van der Waals surface area contributed by atoms with Gasteiger partial charge in [0.25, 0.3) is 6.43 Å². The average molecular weight is 197 g/mol. The number of rotatable bonds is 3. The molecule has 0 bridgehead atoms. The van der Waals surface area contributed by atoms with Crippen molar-refractivity contribution in [3.05, 3.63) is 29.3 Å². The van der Waals surface area contributed by atoms with E-state index in [0.717, 1.165) is 5.56 Å². The third-order valence-corrected chi connectivity index (χ3v) is 1.62. The summed E-state index contributed by atoms with van der Waals surface area (Å²) in [5.41, 5.74) is 1.18. The van der Waals surface area contributed by atoms with Gasteiger partial charge >= 0.3 is 0 Å². The minimum atomic E-state index is -2.53. The molecule has 1 aromatic rings. The van der Waals surface area contributed by atoms with Crippen molar-refractivity contribution in [1.29, 1.82) is 5.26 Å². The van der Waals surface area contributed by atoms with Gasteiger partial charge in [-0.05, 0) is 24.6 Å². The first-order valence-electron chi connectivity index (χ1n) is 4.05. The molecule has 74 valence electrons. The third kappa shape index (κ3) is 2.70. The van der Waals surface area contributed by atoms with Crippen molar-refractivity contribution in [2.24, 2.45) is 0 Å². The van der Waals surface area contributed by atoms with Gasteiger partial charge in [-0.15, -0.1) is 0 Å². The molecule has 0 aliphatic carbocycles. The maximum atomic E-state index is 11.8. The van der Waals surface area contributed by atoms with Crippen LogP contribution in [-0.4, -0.2) is 13.0 Å². The van der Waals surface area contributed by atoms with Crippen LogP contribution in [0.5, 0.6) is 5.75 Å². The number of alkyl halides is 2. The minimum absolute atomic E-state index is 0.207. The smallest absolute Gasteiger partial charge is 0.272 e. The Hall–Kier alpha value is -1.63. The van der Waals surface area contributed by atoms with Crippen molar-refractivity contribution >= 4 is 0 Å². The Morgan fingerprint density at radius 2 is 2.21 bits per heavy atom. The number of aryl methyl sites for hydroxylation is 1. The number of nitrogens with zero attached hydrogens (tertiary/aromatic N) is 1. The largest absolute Gasteiger partial charge is 0.486 e. The van der Waals surface area contributed by atoms with E-state index in [2.05, 4.69) is 0 Å². The molecule has 0 radical (unpaired) electrons. The molecule has 0 fully saturated rings. The molecule has 0 unspecified atom stereocenters. The van der Waals surface area contributed by atoms with Crippen molar-refractivity contribution in [1.82, 2.24) is 0 Å². The SMILES string of the molecule is Cc1ccc(OCC(F)F)c(C#N)c1. The number of halogens is 2. The third-order valence-electron chi connectivity index (χ3n) is 1.62. The second-order valence-electron chi connectivity index (χ2n) is 2.81. The molecular weight excluding hydrogens is 188 g/mol. The lowest BCUT2D eigenvalue weighted by Crippen LogP contribution is -2.07. The second kappa shape index (κ2) is 4.56. The Balaban J connectivity index is 2.82. The van der Waals surface area contributed by atoms with Gasteiger partial charge in [0.1, 0.15) is 18.4 Å². The molecule has 0 N–H and O–H groups in total. The zero-order valence-electron chi connectivity index (χ0n) is 7.63. The predicted octanol–water partition coefficient (Wildman–Crippen LogP) is 2.51. The zero-order chi connectivity index (χ0) is 10.6. The van der Waals surface area contributed by atoms with Gasteiger partial charge < -0.3 is 4.74 Å². The molecule has 4 heteroatoms. The quantitative estimate of drug-likeness (QED) is 0.745. The molecule has 0 heterocycles. The lowest BCUT2D eigenvalue weighted by Gasteiger charge is -2.07. The van der Waals surface area contributed by atoms with E-state index in [4.69, 9.17) is 10.00 Å². The van der Waals surface area contributed by atoms with Crippen LogP contribution >= 0.6 is 0 Å². The molecule has 0 amide bonds. The summed E-state index contributed by atoms with van der Waals surface area (Å²) in [6.45, 7) is 1.13. The van der Waals surface area contributed by atoms with E-state index in [0.29, 0.717) is 0 Å². The molecule has 2 nitrogen and oxygen atoms in total. The van der Waals surface area contributed by atoms with Crippen LogP contribution in [0.3, 0.4) is 0 Å². The summed E-state index contributed by atoms with van der Waals surface area (Å²) in [6, 6.07) is 6.72. The Morgan fingerprint density at radius 3 is 2.79 bits per heavy atom. The first kappa shape index (κ1) is 10.5. The van der Waals surface area contributed by atoms with Crippen molar-refractivity contribution < 1.29 is 13.5 Å². The summed E-state index contributed by atoms with van der Waals surface area (Å²) in [5, 5.41) is 8.69. The summed E-state index contributed by atoms with van der Waals surface area (Å²) in [4.78, 5) is 0. The van der Waals surface area contributed by atoms with Gasteiger partial charge in [0, 0.05) is 0 Å².